The number of ether oxygens (including phenoxy) is 2. The Bertz CT molecular complexity index is 532. The van der Waals surface area contributed by atoms with E-state index in [1.165, 1.54) is 0 Å². The van der Waals surface area contributed by atoms with Crippen LogP contribution in [0.15, 0.2) is 25.6 Å². The van der Waals surface area contributed by atoms with E-state index in [9.17, 15) is 9.59 Å². The van der Waals surface area contributed by atoms with Gasteiger partial charge >= 0.3 is 11.9 Å². The van der Waals surface area contributed by atoms with Crippen LogP contribution in [-0.4, -0.2) is 25.2 Å². The summed E-state index contributed by atoms with van der Waals surface area (Å²) in [5.41, 5.74) is 0.448. The van der Waals surface area contributed by atoms with E-state index in [1.807, 2.05) is 13.0 Å². The summed E-state index contributed by atoms with van der Waals surface area (Å²) in [5.74, 6) is -0.603. The average Bonchev–Trinajstić information content (AvgIpc) is 2.48. The molecule has 0 aliphatic rings. The summed E-state index contributed by atoms with van der Waals surface area (Å²) >= 11 is 10.0. The van der Waals surface area contributed by atoms with Crippen molar-refractivity contribution in [1.29, 1.82) is 0 Å². The highest BCUT2D eigenvalue weighted by Gasteiger charge is 2.15. The summed E-state index contributed by atoms with van der Waals surface area (Å²) < 4.78 is 12.4. The Morgan fingerprint density at radius 3 is 2.45 bits per heavy atom. The van der Waals surface area contributed by atoms with Gasteiger partial charge in [0.25, 0.3) is 0 Å². The molecule has 0 radical (unpaired) electrons. The quantitative estimate of drug-likeness (QED) is 0.278. The van der Waals surface area contributed by atoms with Crippen molar-refractivity contribution in [3.63, 3.8) is 0 Å². The summed E-state index contributed by atoms with van der Waals surface area (Å²) in [6, 6.07) is 3.53. The zero-order chi connectivity index (χ0) is 16.5. The number of rotatable bonds is 8. The van der Waals surface area contributed by atoms with E-state index in [-0.39, 0.29) is 12.6 Å². The molecule has 0 unspecified atom stereocenters. The maximum atomic E-state index is 12.0. The third kappa shape index (κ3) is 6.79. The fourth-order valence-electron chi connectivity index (χ4n) is 1.61. The van der Waals surface area contributed by atoms with Crippen LogP contribution in [0.25, 0.3) is 0 Å². The number of unbranched alkanes of at least 4 members (excludes halogenated alkanes) is 1. The Balaban J connectivity index is 2.34. The minimum Gasteiger partial charge on any atom is -0.466 e. The number of hydrogen-bond donors (Lipinski definition) is 0. The van der Waals surface area contributed by atoms with E-state index in [1.54, 1.807) is 6.07 Å². The molecule has 4 nitrogen and oxygen atoms in total. The molecule has 0 bridgehead atoms. The number of esters is 2. The van der Waals surface area contributed by atoms with Crippen molar-refractivity contribution in [1.82, 2.24) is 0 Å². The topological polar surface area (TPSA) is 52.6 Å². The highest BCUT2D eigenvalue weighted by molar-refractivity contribution is 9.13. The minimum atomic E-state index is -0.401. The molecule has 122 valence electrons. The van der Waals surface area contributed by atoms with Gasteiger partial charge in [0.15, 0.2) is 0 Å². The highest BCUT2D eigenvalue weighted by atomic mass is 79.9. The number of hydrogen-bond acceptors (Lipinski definition) is 4. The first-order chi connectivity index (χ1) is 10.5. The predicted octanol–water partition coefficient (Wildman–Crippen LogP) is 5.25. The van der Waals surface area contributed by atoms with Crippen molar-refractivity contribution in [3.8, 4) is 0 Å². The predicted molar refractivity (Wildman–Crippen MR) is 94.9 cm³/mol. The van der Waals surface area contributed by atoms with Gasteiger partial charge in [-0.15, -0.1) is 0 Å². The Morgan fingerprint density at radius 2 is 1.77 bits per heavy atom. The molecule has 0 amide bonds. The molecule has 0 saturated heterocycles. The summed E-state index contributed by atoms with van der Waals surface area (Å²) in [5, 5.41) is 0. The molecule has 0 aliphatic heterocycles. The first-order valence-electron chi connectivity index (χ1n) is 6.93. The second-order valence-electron chi connectivity index (χ2n) is 4.56. The van der Waals surface area contributed by atoms with Crippen LogP contribution in [0.1, 0.15) is 43.0 Å². The minimum absolute atomic E-state index is 0.202. The van der Waals surface area contributed by atoms with Crippen LogP contribution in [0.5, 0.6) is 0 Å². The van der Waals surface area contributed by atoms with Crippen LogP contribution >= 0.6 is 47.8 Å². The number of benzene rings is 1. The fraction of sp³-hybridized carbons (Fsp3) is 0.467. The molecule has 0 heterocycles. The molecule has 0 N–H and O–H groups in total. The molecule has 22 heavy (non-hydrogen) atoms. The average molecular weight is 501 g/mol. The largest absolute Gasteiger partial charge is 0.466 e. The molecule has 7 heteroatoms. The molecule has 1 rings (SSSR count). The number of halogens is 3. The van der Waals surface area contributed by atoms with Gasteiger partial charge in [0.05, 0.1) is 18.8 Å². The van der Waals surface area contributed by atoms with Crippen molar-refractivity contribution < 1.29 is 19.1 Å². The Labute approximate surface area is 155 Å². The van der Waals surface area contributed by atoms with Gasteiger partial charge in [-0.3, -0.25) is 4.79 Å². The van der Waals surface area contributed by atoms with Crippen molar-refractivity contribution >= 4 is 59.7 Å². The Hall–Kier alpha value is -0.400. The van der Waals surface area contributed by atoms with E-state index in [2.05, 4.69) is 47.8 Å². The molecule has 1 aromatic carbocycles. The summed E-state index contributed by atoms with van der Waals surface area (Å²) in [6.45, 7) is 2.68. The highest BCUT2D eigenvalue weighted by Crippen LogP contribution is 2.31. The van der Waals surface area contributed by atoms with Crippen molar-refractivity contribution in [2.45, 2.75) is 32.6 Å². The molecular weight excluding hydrogens is 484 g/mol. The number of carbonyl (C=O) groups is 2. The standard InChI is InChI=1S/C15H17Br3O4/c1-2-6-21-13(19)5-3-4-7-22-15(20)11-8-10(16)9-12(17)14(11)18/h8-9H,2-7H2,1H3. The van der Waals surface area contributed by atoms with Crippen molar-refractivity contribution in [2.24, 2.45) is 0 Å². The maximum absolute atomic E-state index is 12.0. The van der Waals surface area contributed by atoms with E-state index in [0.717, 1.165) is 15.4 Å². The molecular formula is C15H17Br3O4. The molecule has 0 aliphatic carbocycles. The third-order valence-corrected chi connectivity index (χ3v) is 5.16. The van der Waals surface area contributed by atoms with Crippen LogP contribution in [0, 0.1) is 0 Å². The van der Waals surface area contributed by atoms with Gasteiger partial charge in [0, 0.05) is 19.8 Å². The van der Waals surface area contributed by atoms with Crippen molar-refractivity contribution in [2.75, 3.05) is 13.2 Å². The second-order valence-corrected chi connectivity index (χ2v) is 7.13. The van der Waals surface area contributed by atoms with Gasteiger partial charge in [-0.05, 0) is 63.3 Å². The van der Waals surface area contributed by atoms with Gasteiger partial charge in [-0.25, -0.2) is 4.79 Å². The van der Waals surface area contributed by atoms with E-state index >= 15 is 0 Å². The fourth-order valence-corrected chi connectivity index (χ4v) is 3.22. The monoisotopic (exact) mass is 498 g/mol. The first-order valence-corrected chi connectivity index (χ1v) is 9.31. The Morgan fingerprint density at radius 1 is 1.05 bits per heavy atom. The van der Waals surface area contributed by atoms with Crippen molar-refractivity contribution in [3.05, 3.63) is 31.1 Å². The lowest BCUT2D eigenvalue weighted by molar-refractivity contribution is -0.143. The van der Waals surface area contributed by atoms with Crippen LogP contribution in [0.3, 0.4) is 0 Å². The van der Waals surface area contributed by atoms with Gasteiger partial charge in [-0.2, -0.15) is 0 Å². The number of carbonyl (C=O) groups excluding carboxylic acids is 2. The zero-order valence-corrected chi connectivity index (χ0v) is 16.9. The maximum Gasteiger partial charge on any atom is 0.339 e. The zero-order valence-electron chi connectivity index (χ0n) is 12.2. The van der Waals surface area contributed by atoms with Crippen LogP contribution in [0.4, 0.5) is 0 Å². The van der Waals surface area contributed by atoms with Crippen LogP contribution in [-0.2, 0) is 14.3 Å². The molecule has 0 atom stereocenters. The van der Waals surface area contributed by atoms with Gasteiger partial charge < -0.3 is 9.47 Å². The van der Waals surface area contributed by atoms with Gasteiger partial charge in [-0.1, -0.05) is 22.9 Å². The summed E-state index contributed by atoms with van der Waals surface area (Å²) in [7, 11) is 0. The molecule has 0 fully saturated rings. The van der Waals surface area contributed by atoms with E-state index < -0.39 is 5.97 Å². The SMILES string of the molecule is CCCOC(=O)CCCCOC(=O)c1cc(Br)cc(Br)c1Br. The molecule has 0 saturated carbocycles. The lowest BCUT2D eigenvalue weighted by Gasteiger charge is -2.08. The summed E-state index contributed by atoms with van der Waals surface area (Å²) in [4.78, 5) is 23.3. The molecule has 0 aromatic heterocycles. The van der Waals surface area contributed by atoms with Crippen LogP contribution < -0.4 is 0 Å². The van der Waals surface area contributed by atoms with Gasteiger partial charge in [0.1, 0.15) is 0 Å². The lowest BCUT2D eigenvalue weighted by atomic mass is 10.2. The molecule has 0 spiro atoms. The van der Waals surface area contributed by atoms with E-state index in [4.69, 9.17) is 9.47 Å². The first kappa shape index (κ1) is 19.6. The Kier molecular flexibility index (Phi) is 9.28. The third-order valence-electron chi connectivity index (χ3n) is 2.69. The van der Waals surface area contributed by atoms with Gasteiger partial charge in [0.2, 0.25) is 0 Å². The summed E-state index contributed by atoms with van der Waals surface area (Å²) in [6.07, 6.45) is 2.43. The van der Waals surface area contributed by atoms with Crippen LogP contribution in [0.2, 0.25) is 0 Å². The second kappa shape index (κ2) is 10.4. The smallest absolute Gasteiger partial charge is 0.339 e. The normalized spacial score (nSPS) is 10.4. The van der Waals surface area contributed by atoms with E-state index in [0.29, 0.717) is 35.9 Å². The molecule has 1 aromatic rings. The lowest BCUT2D eigenvalue weighted by Crippen LogP contribution is -2.09.